The summed E-state index contributed by atoms with van der Waals surface area (Å²) in [6.45, 7) is 2.06. The van der Waals surface area contributed by atoms with Crippen molar-refractivity contribution in [2.75, 3.05) is 13.1 Å². The minimum absolute atomic E-state index is 0.216. The predicted octanol–water partition coefficient (Wildman–Crippen LogP) is 2.34. The van der Waals surface area contributed by atoms with Crippen LogP contribution >= 0.6 is 11.6 Å². The summed E-state index contributed by atoms with van der Waals surface area (Å²) in [5.74, 6) is 0.416. The van der Waals surface area contributed by atoms with E-state index in [1.807, 2.05) is 6.07 Å². The van der Waals surface area contributed by atoms with Gasteiger partial charge < -0.3 is 5.32 Å². The number of nitrogens with one attached hydrogen (secondary N) is 1. The number of piperidine rings is 1. The first kappa shape index (κ1) is 8.69. The Hall–Kier alpha value is -0.600. The molecule has 1 aliphatic heterocycles. The quantitative estimate of drug-likeness (QED) is 0.752. The molecule has 1 saturated heterocycles. The largest absolute Gasteiger partial charge is 0.316 e. The van der Waals surface area contributed by atoms with Crippen molar-refractivity contribution in [1.29, 1.82) is 0 Å². The first-order chi connectivity index (χ1) is 6.72. The normalized spacial score (nSPS) is 34.3. The summed E-state index contributed by atoms with van der Waals surface area (Å²) in [7, 11) is 0. The lowest BCUT2D eigenvalue weighted by Gasteiger charge is -2.12. The van der Waals surface area contributed by atoms with Crippen LogP contribution in [0.1, 0.15) is 12.0 Å². The van der Waals surface area contributed by atoms with Crippen molar-refractivity contribution in [2.45, 2.75) is 11.8 Å². The van der Waals surface area contributed by atoms with E-state index in [9.17, 15) is 4.39 Å². The molecular formula is C11H11ClFN. The van der Waals surface area contributed by atoms with Crippen LogP contribution in [0.25, 0.3) is 0 Å². The Labute approximate surface area is 87.3 Å². The van der Waals surface area contributed by atoms with Crippen LogP contribution in [-0.4, -0.2) is 13.1 Å². The molecule has 1 aromatic carbocycles. The molecule has 0 amide bonds. The number of fused-ring (bicyclic) bond motifs is 1. The molecule has 1 aliphatic carbocycles. The van der Waals surface area contributed by atoms with Crippen LogP contribution < -0.4 is 5.32 Å². The van der Waals surface area contributed by atoms with Gasteiger partial charge in [0.1, 0.15) is 5.82 Å². The molecule has 1 N–H and O–H groups in total. The highest BCUT2D eigenvalue weighted by atomic mass is 35.5. The van der Waals surface area contributed by atoms with Crippen LogP contribution in [0.2, 0.25) is 5.02 Å². The highest BCUT2D eigenvalue weighted by molar-refractivity contribution is 6.30. The van der Waals surface area contributed by atoms with E-state index in [0.29, 0.717) is 5.92 Å². The lowest BCUT2D eigenvalue weighted by Crippen LogP contribution is -2.19. The van der Waals surface area contributed by atoms with Crippen LogP contribution in [0, 0.1) is 11.7 Å². The van der Waals surface area contributed by atoms with Crippen LogP contribution in [0.3, 0.4) is 0 Å². The summed E-state index contributed by atoms with van der Waals surface area (Å²) in [4.78, 5) is 0. The molecule has 14 heavy (non-hydrogen) atoms. The Morgan fingerprint density at radius 3 is 2.93 bits per heavy atom. The summed E-state index contributed by atoms with van der Waals surface area (Å²) in [5.41, 5.74) is 1.33. The fourth-order valence-corrected chi connectivity index (χ4v) is 2.71. The Morgan fingerprint density at radius 1 is 1.50 bits per heavy atom. The second-order valence-corrected chi connectivity index (χ2v) is 4.72. The molecule has 0 spiro atoms. The minimum Gasteiger partial charge on any atom is -0.316 e. The molecule has 1 heterocycles. The van der Waals surface area contributed by atoms with Crippen molar-refractivity contribution in [3.05, 3.63) is 34.6 Å². The molecule has 2 aliphatic rings. The third kappa shape index (κ3) is 1.04. The summed E-state index contributed by atoms with van der Waals surface area (Å²) in [5, 5.41) is 3.56. The lowest BCUT2D eigenvalue weighted by molar-refractivity contribution is 0.614. The van der Waals surface area contributed by atoms with Gasteiger partial charge in [0.05, 0.1) is 5.02 Å². The fourth-order valence-electron chi connectivity index (χ4n) is 2.60. The van der Waals surface area contributed by atoms with Crippen molar-refractivity contribution in [3.8, 4) is 0 Å². The Morgan fingerprint density at radius 2 is 2.36 bits per heavy atom. The van der Waals surface area contributed by atoms with Crippen LogP contribution in [0.4, 0.5) is 4.39 Å². The Bertz CT molecular complexity index is 393. The summed E-state index contributed by atoms with van der Waals surface area (Å²) in [6, 6.07) is 5.21. The van der Waals surface area contributed by atoms with E-state index in [0.717, 1.165) is 18.7 Å². The monoisotopic (exact) mass is 211 g/mol. The molecule has 1 nitrogen and oxygen atoms in total. The zero-order chi connectivity index (χ0) is 9.76. The van der Waals surface area contributed by atoms with Crippen LogP contribution in [0.5, 0.6) is 0 Å². The lowest BCUT2D eigenvalue weighted by atomic mass is 9.95. The van der Waals surface area contributed by atoms with Crippen molar-refractivity contribution in [2.24, 2.45) is 5.92 Å². The van der Waals surface area contributed by atoms with Gasteiger partial charge in [-0.1, -0.05) is 17.7 Å². The van der Waals surface area contributed by atoms with Crippen molar-refractivity contribution < 1.29 is 4.39 Å². The molecule has 1 aromatic rings. The molecule has 0 aromatic heterocycles. The van der Waals surface area contributed by atoms with E-state index in [1.165, 1.54) is 6.42 Å². The highest BCUT2D eigenvalue weighted by Gasteiger charge is 2.58. The number of halogens is 2. The second kappa shape index (κ2) is 2.71. The number of hydrogen-bond donors (Lipinski definition) is 1. The van der Waals surface area contributed by atoms with Crippen molar-refractivity contribution in [1.82, 2.24) is 5.32 Å². The van der Waals surface area contributed by atoms with Gasteiger partial charge >= 0.3 is 0 Å². The SMILES string of the molecule is Fc1cc([C@@]23CNC[C@@H]2C3)ccc1Cl. The van der Waals surface area contributed by atoms with E-state index >= 15 is 0 Å². The van der Waals surface area contributed by atoms with Gasteiger partial charge in [-0.05, 0) is 36.6 Å². The van der Waals surface area contributed by atoms with Gasteiger partial charge in [0.15, 0.2) is 0 Å². The molecule has 3 rings (SSSR count). The summed E-state index contributed by atoms with van der Waals surface area (Å²) in [6.07, 6.45) is 1.20. The maximum Gasteiger partial charge on any atom is 0.142 e. The zero-order valence-electron chi connectivity index (χ0n) is 7.69. The molecule has 0 bridgehead atoms. The molecule has 2 atom stereocenters. The average Bonchev–Trinajstić information content (AvgIpc) is 2.75. The molecule has 1 saturated carbocycles. The minimum atomic E-state index is -0.295. The van der Waals surface area contributed by atoms with E-state index in [4.69, 9.17) is 11.6 Å². The second-order valence-electron chi connectivity index (χ2n) is 4.32. The maximum atomic E-state index is 13.3. The highest BCUT2D eigenvalue weighted by Crippen LogP contribution is 2.56. The topological polar surface area (TPSA) is 12.0 Å². The molecule has 3 heteroatoms. The summed E-state index contributed by atoms with van der Waals surface area (Å²) >= 11 is 5.66. The Kier molecular flexibility index (Phi) is 1.68. The van der Waals surface area contributed by atoms with E-state index in [1.54, 1.807) is 12.1 Å². The third-order valence-corrected chi connectivity index (χ3v) is 3.86. The van der Waals surface area contributed by atoms with Gasteiger partial charge in [0, 0.05) is 12.0 Å². The van der Waals surface area contributed by atoms with Crippen LogP contribution in [0.15, 0.2) is 18.2 Å². The molecular weight excluding hydrogens is 201 g/mol. The molecule has 0 unspecified atom stereocenters. The standard InChI is InChI=1S/C11H11ClFN/c12-9-2-1-7(3-10(9)13)11-4-8(11)5-14-6-11/h1-3,8,14H,4-6H2/t8-,11+/m0/s1. The number of rotatable bonds is 1. The molecule has 0 radical (unpaired) electrons. The van der Waals surface area contributed by atoms with E-state index in [2.05, 4.69) is 5.32 Å². The zero-order valence-corrected chi connectivity index (χ0v) is 8.44. The first-order valence-electron chi connectivity index (χ1n) is 4.89. The van der Waals surface area contributed by atoms with Gasteiger partial charge in [-0.25, -0.2) is 4.39 Å². The predicted molar refractivity (Wildman–Crippen MR) is 54.1 cm³/mol. The van der Waals surface area contributed by atoms with Gasteiger partial charge in [0.2, 0.25) is 0 Å². The van der Waals surface area contributed by atoms with E-state index in [-0.39, 0.29) is 16.3 Å². The van der Waals surface area contributed by atoms with Crippen LogP contribution in [-0.2, 0) is 5.41 Å². The van der Waals surface area contributed by atoms with Gasteiger partial charge in [-0.2, -0.15) is 0 Å². The molecule has 74 valence electrons. The number of benzene rings is 1. The maximum absolute atomic E-state index is 13.3. The fraction of sp³-hybridized carbons (Fsp3) is 0.455. The smallest absolute Gasteiger partial charge is 0.142 e. The van der Waals surface area contributed by atoms with Crippen molar-refractivity contribution in [3.63, 3.8) is 0 Å². The first-order valence-corrected chi connectivity index (χ1v) is 5.26. The van der Waals surface area contributed by atoms with Crippen molar-refractivity contribution >= 4 is 11.6 Å². The average molecular weight is 212 g/mol. The van der Waals surface area contributed by atoms with Gasteiger partial charge in [0.25, 0.3) is 0 Å². The Balaban J connectivity index is 2.01. The van der Waals surface area contributed by atoms with Gasteiger partial charge in [-0.15, -0.1) is 0 Å². The number of hydrogen-bond acceptors (Lipinski definition) is 1. The van der Waals surface area contributed by atoms with Gasteiger partial charge in [-0.3, -0.25) is 0 Å². The molecule has 2 fully saturated rings. The third-order valence-electron chi connectivity index (χ3n) is 3.56. The van der Waals surface area contributed by atoms with E-state index < -0.39 is 0 Å². The summed E-state index contributed by atoms with van der Waals surface area (Å²) < 4.78 is 13.3.